The zero-order valence-electron chi connectivity index (χ0n) is 17.8. The highest BCUT2D eigenvalue weighted by Crippen LogP contribution is 2.33. The second-order valence-corrected chi connectivity index (χ2v) is 9.37. The molecule has 0 fully saturated rings. The van der Waals surface area contributed by atoms with E-state index in [0.29, 0.717) is 5.56 Å². The topological polar surface area (TPSA) is 110 Å². The van der Waals surface area contributed by atoms with Gasteiger partial charge in [0, 0.05) is 6.04 Å². The minimum absolute atomic E-state index is 0.00517. The molecule has 4 rings (SSSR count). The highest BCUT2D eigenvalue weighted by atomic mass is 32.2. The summed E-state index contributed by atoms with van der Waals surface area (Å²) >= 11 is 0. The number of hydrogen-bond donors (Lipinski definition) is 4. The first kappa shape index (κ1) is 23.8. The third-order valence-corrected chi connectivity index (χ3v) is 6.30. The van der Waals surface area contributed by atoms with Crippen molar-refractivity contribution < 1.29 is 18.7 Å². The van der Waals surface area contributed by atoms with Crippen molar-refractivity contribution in [2.75, 3.05) is 6.54 Å². The summed E-state index contributed by atoms with van der Waals surface area (Å²) in [5.41, 5.74) is 7.33. The third kappa shape index (κ3) is 5.89. The Bertz CT molecular complexity index is 1160. The number of carbonyl (C=O) groups excluding carboxylic acids is 1. The monoisotopic (exact) mass is 452 g/mol. The molecule has 4 N–H and O–H groups in total. The van der Waals surface area contributed by atoms with Crippen LogP contribution < -0.4 is 5.32 Å². The molecule has 0 saturated carbocycles. The van der Waals surface area contributed by atoms with Gasteiger partial charge in [0.15, 0.2) is 10.0 Å². The van der Waals surface area contributed by atoms with E-state index in [4.69, 9.17) is 9.57 Å². The molecule has 0 aliphatic carbocycles. The largest absolute Gasteiger partial charge is 0.392 e. The second kappa shape index (κ2) is 10.7. The van der Waals surface area contributed by atoms with E-state index in [1.807, 2.05) is 43.2 Å². The van der Waals surface area contributed by atoms with Gasteiger partial charge in [-0.2, -0.15) is 0 Å². The molecule has 0 spiro atoms. The molecule has 168 valence electrons. The van der Waals surface area contributed by atoms with E-state index < -0.39 is 10.0 Å². The van der Waals surface area contributed by atoms with E-state index in [1.54, 1.807) is 6.07 Å². The predicted molar refractivity (Wildman–Crippen MR) is 127 cm³/mol. The number of aliphatic hydroxyl groups is 1. The van der Waals surface area contributed by atoms with Crippen LogP contribution in [0.25, 0.3) is 11.1 Å². The van der Waals surface area contributed by atoms with Crippen LogP contribution in [0.3, 0.4) is 0 Å². The van der Waals surface area contributed by atoms with Crippen LogP contribution in [0.1, 0.15) is 33.9 Å². The number of aliphatic hydroxyl groups excluding tert-OH is 1. The molecule has 2 unspecified atom stereocenters. The normalized spacial score (nSPS) is 16.9. The zero-order chi connectivity index (χ0) is 23.1. The molecule has 0 amide bonds. The Balaban J connectivity index is 0.00000141. The Morgan fingerprint density at radius 1 is 1.03 bits per heavy atom. The number of nitrogens with one attached hydrogen (secondary N) is 2. The Hall–Kier alpha value is -2.84. The summed E-state index contributed by atoms with van der Waals surface area (Å²) in [7, 11) is -3.56. The van der Waals surface area contributed by atoms with Crippen LogP contribution in [-0.4, -0.2) is 27.2 Å². The van der Waals surface area contributed by atoms with Crippen molar-refractivity contribution in [1.82, 2.24) is 5.32 Å². The molecule has 6 nitrogen and oxygen atoms in total. The molecule has 3 aromatic carbocycles. The zero-order valence-corrected chi connectivity index (χ0v) is 18.6. The summed E-state index contributed by atoms with van der Waals surface area (Å²) in [6, 6.07) is 22.2. The highest BCUT2D eigenvalue weighted by molar-refractivity contribution is 7.86. The van der Waals surface area contributed by atoms with E-state index in [9.17, 15) is 13.9 Å². The lowest BCUT2D eigenvalue weighted by Crippen LogP contribution is -2.31. The van der Waals surface area contributed by atoms with E-state index in [2.05, 4.69) is 29.6 Å². The summed E-state index contributed by atoms with van der Waals surface area (Å²) in [6.07, 6.45) is 1.66. The Labute approximate surface area is 189 Å². The lowest BCUT2D eigenvalue weighted by atomic mass is 9.85. The van der Waals surface area contributed by atoms with Crippen molar-refractivity contribution >= 4 is 16.8 Å². The van der Waals surface area contributed by atoms with Gasteiger partial charge < -0.3 is 19.8 Å². The summed E-state index contributed by atoms with van der Waals surface area (Å²) in [4.78, 5) is 8.00. The van der Waals surface area contributed by atoms with Gasteiger partial charge in [0.25, 0.3) is 0 Å². The van der Waals surface area contributed by atoms with Gasteiger partial charge in [0.1, 0.15) is 6.79 Å². The predicted octanol–water partition coefficient (Wildman–Crippen LogP) is 4.11. The van der Waals surface area contributed by atoms with Gasteiger partial charge in [0.05, 0.1) is 12.4 Å². The highest BCUT2D eigenvalue weighted by Gasteiger charge is 2.22. The third-order valence-electron chi connectivity index (χ3n) is 5.57. The lowest BCUT2D eigenvalue weighted by Gasteiger charge is -2.29. The molecule has 1 heterocycles. The molecular weight excluding hydrogens is 424 g/mol. The molecular formula is C25H28N2O4S. The first-order chi connectivity index (χ1) is 15.4. The van der Waals surface area contributed by atoms with Gasteiger partial charge in [-0.05, 0) is 64.4 Å². The van der Waals surface area contributed by atoms with Crippen molar-refractivity contribution in [2.45, 2.75) is 31.2 Å². The van der Waals surface area contributed by atoms with Crippen molar-refractivity contribution in [3.05, 3.63) is 94.5 Å². The summed E-state index contributed by atoms with van der Waals surface area (Å²) in [6.45, 7) is 2.87. The van der Waals surface area contributed by atoms with E-state index in [-0.39, 0.29) is 18.4 Å². The summed E-state index contributed by atoms with van der Waals surface area (Å²) in [5.74, 6) is -0.159. The Morgan fingerprint density at radius 2 is 1.75 bits per heavy atom. The van der Waals surface area contributed by atoms with Crippen molar-refractivity contribution in [3.63, 3.8) is 0 Å². The maximum atomic E-state index is 11.4. The van der Waals surface area contributed by atoms with Gasteiger partial charge >= 0.3 is 0 Å². The van der Waals surface area contributed by atoms with Crippen LogP contribution in [0, 0.1) is 4.78 Å². The van der Waals surface area contributed by atoms with Gasteiger partial charge in [-0.25, -0.2) is 8.99 Å². The average molecular weight is 453 g/mol. The van der Waals surface area contributed by atoms with Crippen LogP contribution in [0.4, 0.5) is 0 Å². The van der Waals surface area contributed by atoms with Crippen LogP contribution in [-0.2, 0) is 40.0 Å². The molecule has 0 bridgehead atoms. The van der Waals surface area contributed by atoms with Gasteiger partial charge in [-0.3, -0.25) is 0 Å². The molecule has 2 atom stereocenters. The van der Waals surface area contributed by atoms with E-state index in [0.717, 1.165) is 41.6 Å². The number of rotatable bonds is 6. The lowest BCUT2D eigenvalue weighted by molar-refractivity contribution is -0.0980. The fraction of sp³-hybridized carbons (Fsp3) is 0.240. The quantitative estimate of drug-likeness (QED) is 0.450. The molecule has 3 aromatic rings. The molecule has 32 heavy (non-hydrogen) atoms. The second-order valence-electron chi connectivity index (χ2n) is 7.80. The molecule has 0 radical (unpaired) electrons. The van der Waals surface area contributed by atoms with Crippen molar-refractivity contribution in [2.24, 2.45) is 0 Å². The molecule has 1 aliphatic heterocycles. The number of fused-ring (bicyclic) bond motifs is 1. The van der Waals surface area contributed by atoms with E-state index >= 15 is 0 Å². The fourth-order valence-corrected chi connectivity index (χ4v) is 4.88. The van der Waals surface area contributed by atoms with Gasteiger partial charge in [-0.1, -0.05) is 60.7 Å². The molecule has 0 saturated heterocycles. The van der Waals surface area contributed by atoms with Crippen LogP contribution in [0.15, 0.2) is 66.7 Å². The first-order valence-electron chi connectivity index (χ1n) is 10.3. The van der Waals surface area contributed by atoms with E-state index in [1.165, 1.54) is 11.1 Å². The van der Waals surface area contributed by atoms with Crippen LogP contribution in [0.5, 0.6) is 0 Å². The SMILES string of the molecule is C=O.N=S(=O)(O)Cc1cccc(CC2NCCc3cc(CO)c(-c4ccccc4)cc32)c1. The minimum atomic E-state index is -3.56. The van der Waals surface area contributed by atoms with Gasteiger partial charge in [-0.15, -0.1) is 0 Å². The Morgan fingerprint density at radius 3 is 2.44 bits per heavy atom. The fourth-order valence-electron chi connectivity index (χ4n) is 4.25. The molecule has 0 aromatic heterocycles. The summed E-state index contributed by atoms with van der Waals surface area (Å²) < 4.78 is 28.1. The average Bonchev–Trinajstić information content (AvgIpc) is 2.79. The minimum Gasteiger partial charge on any atom is -0.392 e. The molecule has 1 aliphatic rings. The first-order valence-corrected chi connectivity index (χ1v) is 12.0. The van der Waals surface area contributed by atoms with Gasteiger partial charge in [0.2, 0.25) is 0 Å². The van der Waals surface area contributed by atoms with Crippen LogP contribution in [0.2, 0.25) is 0 Å². The summed E-state index contributed by atoms with van der Waals surface area (Å²) in [5, 5.41) is 13.5. The standard InChI is InChI=1S/C24H26N2O3S.CH2O/c25-30(28,29)16-18-6-4-5-17(11-18)12-24-23-14-22(19-7-2-1-3-8-19)21(15-27)13-20(23)9-10-26-24;1-2/h1-8,11,13-14,24,26-27H,9-10,12,15-16H2,(H2,25,28,29);1H2. The maximum Gasteiger partial charge on any atom is 0.162 e. The maximum absolute atomic E-state index is 11.4. The van der Waals surface area contributed by atoms with Crippen LogP contribution >= 0.6 is 0 Å². The smallest absolute Gasteiger partial charge is 0.162 e. The molecule has 7 heteroatoms. The van der Waals surface area contributed by atoms with Crippen molar-refractivity contribution in [1.29, 1.82) is 4.78 Å². The number of hydrogen-bond acceptors (Lipinski definition) is 5. The number of benzene rings is 3. The Kier molecular flexibility index (Phi) is 7.93. The number of carbonyl (C=O) groups is 1. The van der Waals surface area contributed by atoms with Crippen molar-refractivity contribution in [3.8, 4) is 11.1 Å².